The van der Waals surface area contributed by atoms with Crippen LogP contribution in [0.25, 0.3) is 120 Å². The summed E-state index contributed by atoms with van der Waals surface area (Å²) < 4.78 is 0. The third-order valence-electron chi connectivity index (χ3n) is 12.4. The first kappa shape index (κ1) is 32.7. The third kappa shape index (κ3) is 4.82. The number of hydrogen-bond acceptors (Lipinski definition) is 0. The largest absolute Gasteiger partial charge is 0.0616 e. The number of benzene rings is 12. The zero-order valence-electron chi connectivity index (χ0n) is 31.8. The Morgan fingerprint density at radius 1 is 0.155 bits per heavy atom. The summed E-state index contributed by atoms with van der Waals surface area (Å²) in [5.74, 6) is 0. The zero-order chi connectivity index (χ0) is 38.2. The van der Waals surface area contributed by atoms with E-state index in [0.29, 0.717) is 0 Å². The van der Waals surface area contributed by atoms with E-state index in [0.717, 1.165) is 0 Å². The summed E-state index contributed by atoms with van der Waals surface area (Å²) in [7, 11) is 0. The first-order valence-corrected chi connectivity index (χ1v) is 20.2. The molecule has 12 aromatic rings. The van der Waals surface area contributed by atoms with Gasteiger partial charge in [0, 0.05) is 0 Å². The molecule has 0 saturated heterocycles. The lowest BCUT2D eigenvalue weighted by Crippen LogP contribution is -1.96. The SMILES string of the molecule is c1cc(-c2cccc3ccccc23)c(-c2c3ccccc3c(-c3cccc4c5ccccc5c5ccccc5c34)c3ccccc23)c(-c2cccc3ccccc23)c1. The first-order chi connectivity index (χ1) is 28.8. The summed E-state index contributed by atoms with van der Waals surface area (Å²) in [6.07, 6.45) is 0. The van der Waals surface area contributed by atoms with Gasteiger partial charge in [0.25, 0.3) is 0 Å². The molecule has 0 radical (unpaired) electrons. The summed E-state index contributed by atoms with van der Waals surface area (Å²) in [5.41, 5.74) is 9.98. The van der Waals surface area contributed by atoms with Crippen molar-refractivity contribution in [1.82, 2.24) is 0 Å². The van der Waals surface area contributed by atoms with Crippen LogP contribution in [0.1, 0.15) is 0 Å². The second-order valence-corrected chi connectivity index (χ2v) is 15.4. The second-order valence-electron chi connectivity index (χ2n) is 15.4. The highest BCUT2D eigenvalue weighted by atomic mass is 14.3. The summed E-state index contributed by atoms with van der Waals surface area (Å²) in [6.45, 7) is 0. The fourth-order valence-electron chi connectivity index (χ4n) is 10.0. The first-order valence-electron chi connectivity index (χ1n) is 20.2. The topological polar surface area (TPSA) is 0 Å². The van der Waals surface area contributed by atoms with Gasteiger partial charge < -0.3 is 0 Å². The lowest BCUT2D eigenvalue weighted by atomic mass is 9.79. The van der Waals surface area contributed by atoms with E-state index < -0.39 is 0 Å². The summed E-state index contributed by atoms with van der Waals surface area (Å²) >= 11 is 0. The Kier molecular flexibility index (Phi) is 7.33. The molecule has 0 atom stereocenters. The molecule has 0 aliphatic carbocycles. The number of rotatable bonds is 4. The van der Waals surface area contributed by atoms with E-state index in [1.54, 1.807) is 0 Å². The smallest absolute Gasteiger partial charge is 0.00139 e. The molecule has 0 heterocycles. The maximum atomic E-state index is 2.35. The van der Waals surface area contributed by atoms with Gasteiger partial charge in [-0.25, -0.2) is 0 Å². The Hall–Kier alpha value is -7.54. The van der Waals surface area contributed by atoms with Crippen molar-refractivity contribution in [2.45, 2.75) is 0 Å². The molecule has 0 aliphatic heterocycles. The Morgan fingerprint density at radius 3 is 0.948 bits per heavy atom. The van der Waals surface area contributed by atoms with Crippen LogP contribution in [-0.2, 0) is 0 Å². The van der Waals surface area contributed by atoms with Crippen molar-refractivity contribution >= 4 is 75.4 Å². The molecule has 0 fully saturated rings. The molecule has 0 saturated carbocycles. The van der Waals surface area contributed by atoms with E-state index in [9.17, 15) is 0 Å². The Balaban J connectivity index is 1.27. The molecule has 0 heteroatoms. The van der Waals surface area contributed by atoms with Crippen molar-refractivity contribution in [3.8, 4) is 44.5 Å². The molecule has 0 aromatic heterocycles. The normalized spacial score (nSPS) is 11.8. The molecule has 0 amide bonds. The molecule has 0 unspecified atom stereocenters. The highest BCUT2D eigenvalue weighted by Crippen LogP contribution is 2.52. The molecule has 12 rings (SSSR count). The van der Waals surface area contributed by atoms with Gasteiger partial charge in [0.05, 0.1) is 0 Å². The minimum absolute atomic E-state index is 1.23. The molecule has 58 heavy (non-hydrogen) atoms. The van der Waals surface area contributed by atoms with Gasteiger partial charge in [-0.15, -0.1) is 0 Å². The van der Waals surface area contributed by atoms with Crippen molar-refractivity contribution in [3.63, 3.8) is 0 Å². The van der Waals surface area contributed by atoms with E-state index in [2.05, 4.69) is 218 Å². The lowest BCUT2D eigenvalue weighted by molar-refractivity contribution is 1.61. The minimum atomic E-state index is 1.23. The average molecular weight is 733 g/mol. The third-order valence-corrected chi connectivity index (χ3v) is 12.4. The molecule has 0 N–H and O–H groups in total. The standard InChI is InChI=1S/C58H36/c1-3-21-39-37(17-1)19-13-31-41(39)48-34-15-35-49(42-32-14-20-38-18-2-4-22-40(38)42)57(48)58-52-29-11-9-27-50(52)56(51-28-10-12-30-53(51)58)54-36-16-33-47-45-24-6-5-23-43(45)44-25-7-8-26-46(44)55(47)54/h1-36H. The van der Waals surface area contributed by atoms with Crippen LogP contribution in [0.4, 0.5) is 0 Å². The van der Waals surface area contributed by atoms with Gasteiger partial charge in [0.15, 0.2) is 0 Å². The number of hydrogen-bond donors (Lipinski definition) is 0. The van der Waals surface area contributed by atoms with E-state index in [1.807, 2.05) is 0 Å². The molecular formula is C58H36. The van der Waals surface area contributed by atoms with E-state index in [4.69, 9.17) is 0 Å². The van der Waals surface area contributed by atoms with Crippen LogP contribution in [0.3, 0.4) is 0 Å². The van der Waals surface area contributed by atoms with Crippen molar-refractivity contribution in [2.24, 2.45) is 0 Å². The summed E-state index contributed by atoms with van der Waals surface area (Å²) in [6, 6.07) is 81.0. The van der Waals surface area contributed by atoms with Crippen LogP contribution in [0.15, 0.2) is 218 Å². The summed E-state index contributed by atoms with van der Waals surface area (Å²) in [5, 5.41) is 17.7. The Labute approximate surface area is 336 Å². The van der Waals surface area contributed by atoms with Gasteiger partial charge in [0.2, 0.25) is 0 Å². The molecule has 0 bridgehead atoms. The maximum absolute atomic E-state index is 2.35. The van der Waals surface area contributed by atoms with E-state index in [-0.39, 0.29) is 0 Å². The fourth-order valence-corrected chi connectivity index (χ4v) is 10.0. The molecule has 0 nitrogen and oxygen atoms in total. The van der Waals surface area contributed by atoms with Crippen molar-refractivity contribution < 1.29 is 0 Å². The molecule has 0 spiro atoms. The number of fused-ring (bicyclic) bond motifs is 10. The van der Waals surface area contributed by atoms with Crippen LogP contribution < -0.4 is 0 Å². The molecule has 12 aromatic carbocycles. The Morgan fingerprint density at radius 2 is 0.448 bits per heavy atom. The predicted octanol–water partition coefficient (Wildman–Crippen LogP) is 16.4. The van der Waals surface area contributed by atoms with Gasteiger partial charge in [-0.05, 0) is 120 Å². The lowest BCUT2D eigenvalue weighted by Gasteiger charge is -2.24. The van der Waals surface area contributed by atoms with Crippen molar-refractivity contribution in [3.05, 3.63) is 218 Å². The predicted molar refractivity (Wildman–Crippen MR) is 251 cm³/mol. The van der Waals surface area contributed by atoms with Gasteiger partial charge in [0.1, 0.15) is 0 Å². The van der Waals surface area contributed by atoms with Gasteiger partial charge in [-0.3, -0.25) is 0 Å². The van der Waals surface area contributed by atoms with Crippen molar-refractivity contribution in [2.75, 3.05) is 0 Å². The van der Waals surface area contributed by atoms with Crippen LogP contribution >= 0.6 is 0 Å². The molecule has 268 valence electrons. The van der Waals surface area contributed by atoms with Gasteiger partial charge in [-0.2, -0.15) is 0 Å². The van der Waals surface area contributed by atoms with Gasteiger partial charge >= 0.3 is 0 Å². The quantitative estimate of drug-likeness (QED) is 0.125. The average Bonchev–Trinajstić information content (AvgIpc) is 3.30. The van der Waals surface area contributed by atoms with Crippen LogP contribution in [0.5, 0.6) is 0 Å². The van der Waals surface area contributed by atoms with Crippen LogP contribution in [0.2, 0.25) is 0 Å². The monoisotopic (exact) mass is 732 g/mol. The zero-order valence-corrected chi connectivity index (χ0v) is 31.8. The van der Waals surface area contributed by atoms with Crippen LogP contribution in [0, 0.1) is 0 Å². The van der Waals surface area contributed by atoms with E-state index in [1.165, 1.54) is 120 Å². The fraction of sp³-hybridized carbons (Fsp3) is 0. The highest BCUT2D eigenvalue weighted by Gasteiger charge is 2.24. The highest BCUT2D eigenvalue weighted by molar-refractivity contribution is 6.32. The minimum Gasteiger partial charge on any atom is -0.0616 e. The maximum Gasteiger partial charge on any atom is -0.00139 e. The van der Waals surface area contributed by atoms with Crippen LogP contribution in [-0.4, -0.2) is 0 Å². The summed E-state index contributed by atoms with van der Waals surface area (Å²) in [4.78, 5) is 0. The van der Waals surface area contributed by atoms with Crippen molar-refractivity contribution in [1.29, 1.82) is 0 Å². The molecule has 0 aliphatic rings. The molecular weight excluding hydrogens is 697 g/mol. The van der Waals surface area contributed by atoms with E-state index >= 15 is 0 Å². The van der Waals surface area contributed by atoms with Gasteiger partial charge in [-0.1, -0.05) is 218 Å². The second kappa shape index (κ2) is 13.0. The Bertz CT molecular complexity index is 3410.